The zero-order valence-electron chi connectivity index (χ0n) is 16.6. The monoisotopic (exact) mass is 384 g/mol. The van der Waals surface area contributed by atoms with Gasteiger partial charge in [0, 0.05) is 50.7 Å². The van der Waals surface area contributed by atoms with Crippen LogP contribution in [0.3, 0.4) is 0 Å². The topological polar surface area (TPSA) is 73.4 Å². The molecule has 4 aliphatic carbocycles. The van der Waals surface area contributed by atoms with E-state index in [4.69, 9.17) is 0 Å². The van der Waals surface area contributed by atoms with E-state index < -0.39 is 0 Å². The summed E-state index contributed by atoms with van der Waals surface area (Å²) in [5, 5.41) is 6.51. The first kappa shape index (κ1) is 18.2. The molecular weight excluding hydrogens is 352 g/mol. The molecule has 1 saturated heterocycles. The standard InChI is InChI=1S/C21H32N6O/c28-20(25-21-14-16-11-17(15-21)13-18(21)12-16)24-5-2-6-26-7-9-27(10-8-26)19-22-3-1-4-23-19/h1,3-4,16-18H,2,5-15H2,(H2,24,25,28)/t16-,17+,18?,21?. The largest absolute Gasteiger partial charge is 0.338 e. The van der Waals surface area contributed by atoms with Crippen LogP contribution in [0.15, 0.2) is 18.5 Å². The molecular formula is C21H32N6O. The average molecular weight is 385 g/mol. The third-order valence-corrected chi connectivity index (χ3v) is 7.50. The predicted octanol–water partition coefficient (Wildman–Crippen LogP) is 1.87. The average Bonchev–Trinajstić information content (AvgIpc) is 3.09. The van der Waals surface area contributed by atoms with Gasteiger partial charge in [-0.05, 0) is 68.9 Å². The number of hydrogen-bond donors (Lipinski definition) is 2. The van der Waals surface area contributed by atoms with E-state index >= 15 is 0 Å². The fourth-order valence-electron chi connectivity index (χ4n) is 6.40. The van der Waals surface area contributed by atoms with Crippen LogP contribution < -0.4 is 15.5 Å². The molecule has 4 atom stereocenters. The number of nitrogens with one attached hydrogen (secondary N) is 2. The first-order valence-electron chi connectivity index (χ1n) is 11.0. The molecule has 0 spiro atoms. The maximum Gasteiger partial charge on any atom is 0.315 e. The highest BCUT2D eigenvalue weighted by Crippen LogP contribution is 2.60. The van der Waals surface area contributed by atoms with Gasteiger partial charge < -0.3 is 15.5 Å². The number of piperazine rings is 1. The number of anilines is 1. The lowest BCUT2D eigenvalue weighted by atomic mass is 9.80. The highest BCUT2D eigenvalue weighted by atomic mass is 16.2. The van der Waals surface area contributed by atoms with Crippen molar-refractivity contribution in [3.05, 3.63) is 18.5 Å². The number of nitrogens with zero attached hydrogens (tertiary/aromatic N) is 4. The summed E-state index contributed by atoms with van der Waals surface area (Å²) in [6.45, 7) is 5.76. The van der Waals surface area contributed by atoms with Crippen LogP contribution in [-0.4, -0.2) is 65.7 Å². The van der Waals surface area contributed by atoms with Crippen molar-refractivity contribution in [1.82, 2.24) is 25.5 Å². The van der Waals surface area contributed by atoms with E-state index in [2.05, 4.69) is 30.4 Å². The molecule has 7 nitrogen and oxygen atoms in total. The smallest absolute Gasteiger partial charge is 0.315 e. The van der Waals surface area contributed by atoms with Crippen molar-refractivity contribution in [3.8, 4) is 0 Å². The molecule has 1 aliphatic heterocycles. The molecule has 2 N–H and O–H groups in total. The SMILES string of the molecule is O=C(NCCCN1CCN(c2ncccn2)CC1)NC12C[C@@H]3CC1C[C@@H](C3)C2. The molecule has 0 aromatic carbocycles. The second-order valence-electron chi connectivity index (χ2n) is 9.31. The van der Waals surface area contributed by atoms with Crippen molar-refractivity contribution in [3.63, 3.8) is 0 Å². The second kappa shape index (κ2) is 7.50. The Labute approximate surface area is 167 Å². The van der Waals surface area contributed by atoms with Crippen LogP contribution in [0, 0.1) is 17.8 Å². The Kier molecular flexibility index (Phi) is 4.87. The normalized spacial score (nSPS) is 34.0. The molecule has 4 bridgehead atoms. The lowest BCUT2D eigenvalue weighted by molar-refractivity contribution is 0.204. The van der Waals surface area contributed by atoms with Crippen molar-refractivity contribution < 1.29 is 4.79 Å². The van der Waals surface area contributed by atoms with Gasteiger partial charge in [-0.3, -0.25) is 4.90 Å². The minimum absolute atomic E-state index is 0.0549. The van der Waals surface area contributed by atoms with Gasteiger partial charge in [0.25, 0.3) is 0 Å². The van der Waals surface area contributed by atoms with Crippen LogP contribution in [0.1, 0.15) is 38.5 Å². The summed E-state index contributed by atoms with van der Waals surface area (Å²) < 4.78 is 0. The van der Waals surface area contributed by atoms with E-state index in [9.17, 15) is 4.79 Å². The Bertz CT molecular complexity index is 675. The molecule has 0 radical (unpaired) electrons. The van der Waals surface area contributed by atoms with Gasteiger partial charge in [0.05, 0.1) is 0 Å². The lowest BCUT2D eigenvalue weighted by Crippen LogP contribution is -2.53. The van der Waals surface area contributed by atoms with Gasteiger partial charge in [-0.2, -0.15) is 0 Å². The van der Waals surface area contributed by atoms with E-state index in [-0.39, 0.29) is 11.6 Å². The molecule has 1 aromatic rings. The number of hydrogen-bond acceptors (Lipinski definition) is 5. The predicted molar refractivity (Wildman–Crippen MR) is 108 cm³/mol. The lowest BCUT2D eigenvalue weighted by Gasteiger charge is -2.35. The molecule has 1 aromatic heterocycles. The molecule has 2 unspecified atom stereocenters. The van der Waals surface area contributed by atoms with Crippen LogP contribution in [0.25, 0.3) is 0 Å². The number of aromatic nitrogens is 2. The van der Waals surface area contributed by atoms with E-state index in [1.807, 2.05) is 6.07 Å². The highest BCUT2D eigenvalue weighted by Gasteiger charge is 2.58. The van der Waals surface area contributed by atoms with Gasteiger partial charge in [-0.25, -0.2) is 14.8 Å². The Balaban J connectivity index is 0.996. The number of urea groups is 1. The summed E-state index contributed by atoms with van der Waals surface area (Å²) in [4.78, 5) is 25.8. The van der Waals surface area contributed by atoms with Crippen molar-refractivity contribution in [2.24, 2.45) is 17.8 Å². The minimum atomic E-state index is 0.0549. The Morgan fingerprint density at radius 3 is 2.50 bits per heavy atom. The molecule has 6 rings (SSSR count). The van der Waals surface area contributed by atoms with Gasteiger partial charge in [-0.1, -0.05) is 0 Å². The number of carbonyl (C=O) groups excluding carboxylic acids is 1. The van der Waals surface area contributed by atoms with Crippen LogP contribution in [0.4, 0.5) is 10.7 Å². The molecule has 2 heterocycles. The van der Waals surface area contributed by atoms with Crippen LogP contribution in [0.5, 0.6) is 0 Å². The quantitative estimate of drug-likeness (QED) is 0.733. The zero-order chi connectivity index (χ0) is 19.0. The summed E-state index contributed by atoms with van der Waals surface area (Å²) >= 11 is 0. The summed E-state index contributed by atoms with van der Waals surface area (Å²) in [5.74, 6) is 3.32. The Hall–Kier alpha value is -1.89. The summed E-state index contributed by atoms with van der Waals surface area (Å²) in [5.41, 5.74) is 0.132. The molecule has 5 aliphatic rings. The number of carbonyl (C=O) groups is 1. The fraction of sp³-hybridized carbons (Fsp3) is 0.762. The van der Waals surface area contributed by atoms with Crippen molar-refractivity contribution >= 4 is 12.0 Å². The van der Waals surface area contributed by atoms with Crippen molar-refractivity contribution in [2.45, 2.75) is 44.1 Å². The first-order valence-corrected chi connectivity index (χ1v) is 11.0. The molecule has 28 heavy (non-hydrogen) atoms. The van der Waals surface area contributed by atoms with Gasteiger partial charge in [0.15, 0.2) is 0 Å². The Morgan fingerprint density at radius 2 is 1.79 bits per heavy atom. The van der Waals surface area contributed by atoms with E-state index in [0.717, 1.165) is 69.4 Å². The third-order valence-electron chi connectivity index (χ3n) is 7.50. The van der Waals surface area contributed by atoms with Gasteiger partial charge in [-0.15, -0.1) is 0 Å². The van der Waals surface area contributed by atoms with E-state index in [1.165, 1.54) is 32.1 Å². The fourth-order valence-corrected chi connectivity index (χ4v) is 6.40. The first-order chi connectivity index (χ1) is 13.7. The third kappa shape index (κ3) is 3.56. The van der Waals surface area contributed by atoms with Gasteiger partial charge >= 0.3 is 6.03 Å². The van der Waals surface area contributed by atoms with Crippen LogP contribution >= 0.6 is 0 Å². The van der Waals surface area contributed by atoms with E-state index in [0.29, 0.717) is 0 Å². The van der Waals surface area contributed by atoms with Gasteiger partial charge in [0.1, 0.15) is 0 Å². The zero-order valence-corrected chi connectivity index (χ0v) is 16.6. The molecule has 2 amide bonds. The molecule has 152 valence electrons. The maximum atomic E-state index is 12.5. The maximum absolute atomic E-state index is 12.5. The summed E-state index contributed by atoms with van der Waals surface area (Å²) in [6.07, 6.45) is 11.1. The molecule has 5 fully saturated rings. The molecule has 7 heteroatoms. The highest BCUT2D eigenvalue weighted by molar-refractivity contribution is 5.75. The molecule has 4 saturated carbocycles. The van der Waals surface area contributed by atoms with Crippen LogP contribution in [0.2, 0.25) is 0 Å². The minimum Gasteiger partial charge on any atom is -0.338 e. The van der Waals surface area contributed by atoms with Crippen molar-refractivity contribution in [2.75, 3.05) is 44.2 Å². The van der Waals surface area contributed by atoms with E-state index in [1.54, 1.807) is 12.4 Å². The number of rotatable bonds is 6. The van der Waals surface area contributed by atoms with Crippen LogP contribution in [-0.2, 0) is 0 Å². The second-order valence-corrected chi connectivity index (χ2v) is 9.31. The Morgan fingerprint density at radius 1 is 1.07 bits per heavy atom. The number of amides is 2. The van der Waals surface area contributed by atoms with Gasteiger partial charge in [0.2, 0.25) is 5.95 Å². The summed E-state index contributed by atoms with van der Waals surface area (Å²) in [6, 6.07) is 1.91. The van der Waals surface area contributed by atoms with Crippen molar-refractivity contribution in [1.29, 1.82) is 0 Å². The summed E-state index contributed by atoms with van der Waals surface area (Å²) in [7, 11) is 0.